The van der Waals surface area contributed by atoms with E-state index in [9.17, 15) is 47.8 Å². The molecule has 366 valence electrons. The molecule has 1 aromatic heterocycles. The van der Waals surface area contributed by atoms with Crippen molar-refractivity contribution in [2.45, 2.75) is 75.8 Å². The number of aliphatic hydroxyl groups excluding tert-OH is 1. The number of aromatic nitrogens is 2. The van der Waals surface area contributed by atoms with E-state index >= 15 is 0 Å². The second-order valence-corrected chi connectivity index (χ2v) is 21.9. The predicted octanol–water partition coefficient (Wildman–Crippen LogP) is 3.66. The summed E-state index contributed by atoms with van der Waals surface area (Å²) in [6.07, 6.45) is 0.0506. The van der Waals surface area contributed by atoms with Gasteiger partial charge in [-0.25, -0.2) is 23.3 Å². The van der Waals surface area contributed by atoms with E-state index in [0.29, 0.717) is 12.3 Å². The molecule has 1 aliphatic carbocycles. The van der Waals surface area contributed by atoms with Gasteiger partial charge >= 0.3 is 35.3 Å². The van der Waals surface area contributed by atoms with Crippen LogP contribution < -0.4 is 27.4 Å². The van der Waals surface area contributed by atoms with E-state index in [-0.39, 0.29) is 60.9 Å². The maximum Gasteiger partial charge on any atom is 0.490 e. The Labute approximate surface area is 392 Å². The molecule has 0 spiro atoms. The smallest absolute Gasteiger partial charge is 0.449 e. The number of carbonyl (C=O) groups excluding carboxylic acids is 3. The van der Waals surface area contributed by atoms with Crippen LogP contribution in [0.3, 0.4) is 0 Å². The van der Waals surface area contributed by atoms with Crippen LogP contribution in [0.1, 0.15) is 74.3 Å². The Morgan fingerprint density at radius 3 is 2.31 bits per heavy atom. The molecular formula is C39H51N6O17P3S2. The molecule has 5 rings (SSSR count). The van der Waals surface area contributed by atoms with Gasteiger partial charge in [-0.05, 0) is 28.7 Å². The number of unbranched alkanes of at least 4 members (excludes halogenated alkanes) is 3. The molecule has 0 radical (unpaired) electrons. The molecule has 1 aliphatic heterocycles. The number of carbonyl (C=O) groups is 3. The van der Waals surface area contributed by atoms with Crippen molar-refractivity contribution in [3.63, 3.8) is 0 Å². The Bertz CT molecular complexity index is 2460. The van der Waals surface area contributed by atoms with Gasteiger partial charge in [0.2, 0.25) is 11.8 Å². The van der Waals surface area contributed by atoms with Gasteiger partial charge in [0, 0.05) is 43.0 Å². The van der Waals surface area contributed by atoms with Crippen LogP contribution in [-0.4, -0.2) is 108 Å². The number of nitrogens with one attached hydrogen (secondary N) is 3. The Morgan fingerprint density at radius 2 is 1.64 bits per heavy atom. The van der Waals surface area contributed by atoms with Crippen molar-refractivity contribution in [2.24, 2.45) is 0 Å². The SMILES string of the molecule is CCCCCCNC(=O)C(CSSCCC(=O)NCC#Cc1cn(C2CC(O)C(COP(=O)(O)OP(=O)(O)OP(=O)(O)O)O2)c(=O)nc1N)NC(=O)OCC1c2ccccc2-c2ccccc21. The first kappa shape index (κ1) is 53.9. The van der Waals surface area contributed by atoms with Gasteiger partial charge in [0.15, 0.2) is 0 Å². The van der Waals surface area contributed by atoms with Gasteiger partial charge in [-0.3, -0.25) is 18.7 Å². The van der Waals surface area contributed by atoms with Crippen LogP contribution in [-0.2, 0) is 45.9 Å². The van der Waals surface area contributed by atoms with E-state index in [2.05, 4.69) is 52.8 Å². The molecular weight excluding hydrogens is 982 g/mol. The van der Waals surface area contributed by atoms with Crippen LogP contribution in [0.25, 0.3) is 11.1 Å². The molecule has 0 saturated carbocycles. The number of phosphoric acid groups is 3. The lowest BCUT2D eigenvalue weighted by atomic mass is 9.98. The molecule has 6 unspecified atom stereocenters. The molecule has 23 nitrogen and oxygen atoms in total. The van der Waals surface area contributed by atoms with Crippen molar-refractivity contribution >= 4 is 68.8 Å². The Balaban J connectivity index is 1.06. The number of aliphatic hydroxyl groups is 1. The van der Waals surface area contributed by atoms with E-state index < -0.39 is 66.3 Å². The quantitative estimate of drug-likeness (QED) is 0.0267. The average molecular weight is 1030 g/mol. The highest BCUT2D eigenvalue weighted by atomic mass is 33.1. The summed E-state index contributed by atoms with van der Waals surface area (Å²) in [7, 11) is -14.3. The fourth-order valence-electron chi connectivity index (χ4n) is 6.82. The van der Waals surface area contributed by atoms with E-state index in [4.69, 9.17) is 25.0 Å². The minimum absolute atomic E-state index is 0.0434. The lowest BCUT2D eigenvalue weighted by molar-refractivity contribution is -0.122. The lowest BCUT2D eigenvalue weighted by Crippen LogP contribution is -2.48. The number of hydrogen-bond acceptors (Lipinski definition) is 17. The van der Waals surface area contributed by atoms with Crippen molar-refractivity contribution in [2.75, 3.05) is 43.5 Å². The van der Waals surface area contributed by atoms with Gasteiger partial charge < -0.3 is 55.8 Å². The van der Waals surface area contributed by atoms with E-state index in [1.54, 1.807) is 0 Å². The van der Waals surface area contributed by atoms with Gasteiger partial charge in [-0.1, -0.05) is 108 Å². The fraction of sp³-hybridized carbons (Fsp3) is 0.462. The number of anilines is 1. The van der Waals surface area contributed by atoms with Crippen molar-refractivity contribution in [1.29, 1.82) is 0 Å². The van der Waals surface area contributed by atoms with E-state index in [1.165, 1.54) is 27.8 Å². The molecule has 6 atom stereocenters. The minimum Gasteiger partial charge on any atom is -0.449 e. The van der Waals surface area contributed by atoms with Gasteiger partial charge in [0.1, 0.15) is 30.8 Å². The number of fused-ring (bicyclic) bond motifs is 3. The maximum atomic E-state index is 13.2. The summed E-state index contributed by atoms with van der Waals surface area (Å²) < 4.78 is 58.5. The zero-order valence-electron chi connectivity index (χ0n) is 35.8. The van der Waals surface area contributed by atoms with Gasteiger partial charge in [0.25, 0.3) is 0 Å². The number of phosphoric ester groups is 1. The molecule has 28 heteroatoms. The third-order valence-electron chi connectivity index (χ3n) is 9.92. The number of nitrogen functional groups attached to an aromatic ring is 1. The van der Waals surface area contributed by atoms with Crippen molar-refractivity contribution in [1.82, 2.24) is 25.5 Å². The van der Waals surface area contributed by atoms with Crippen molar-refractivity contribution in [3.8, 4) is 23.0 Å². The molecule has 1 saturated heterocycles. The van der Waals surface area contributed by atoms with Gasteiger partial charge in [-0.15, -0.1) is 0 Å². The van der Waals surface area contributed by atoms with E-state index in [1.807, 2.05) is 48.5 Å². The number of amides is 3. The van der Waals surface area contributed by atoms with Crippen molar-refractivity contribution < 1.29 is 75.4 Å². The first-order valence-electron chi connectivity index (χ1n) is 20.7. The fourth-order valence-corrected chi connectivity index (χ4v) is 12.0. The monoisotopic (exact) mass is 1030 g/mol. The largest absolute Gasteiger partial charge is 0.490 e. The number of alkyl carbamates (subject to hydrolysis) is 1. The number of nitrogens with zero attached hydrogens (tertiary/aromatic N) is 2. The normalized spacial score (nSPS) is 18.9. The van der Waals surface area contributed by atoms with Crippen LogP contribution in [0.15, 0.2) is 59.5 Å². The number of ether oxygens (including phenoxy) is 2. The third-order valence-corrected chi connectivity index (χ3v) is 16.1. The van der Waals surface area contributed by atoms with Crippen LogP contribution in [0, 0.1) is 11.8 Å². The Kier molecular flexibility index (Phi) is 20.1. The molecule has 2 heterocycles. The van der Waals surface area contributed by atoms with Crippen molar-refractivity contribution in [3.05, 3.63) is 81.9 Å². The standard InChI is InChI=1S/C39H51N6O17P3S2/c1-2-3-4-9-17-42-37(48)31(43-39(50)58-22-30-28-14-7-5-12-26(28)27-13-6-8-15-29(27)30)24-67-66-19-16-34(47)41-18-10-11-25-21-45(38(49)44-36(25)40)35-20-32(46)33(60-35)23-59-64(54,55)62-65(56,57)61-63(51,52)53/h5-8,12-15,21,30-33,35,46H,2-4,9,16-20,22-24H2,1H3,(H,41,47)(H,42,48)(H,43,50)(H,54,55)(H,56,57)(H2,40,44,49)(H2,51,52,53). The highest BCUT2D eigenvalue weighted by Gasteiger charge is 2.43. The first-order chi connectivity index (χ1) is 31.8. The second-order valence-electron chi connectivity index (χ2n) is 14.9. The number of nitrogens with two attached hydrogens (primary N) is 1. The molecule has 1 fully saturated rings. The summed E-state index contributed by atoms with van der Waals surface area (Å²) in [5.74, 6) is 4.86. The Hall–Kier alpha value is -4.08. The highest BCUT2D eigenvalue weighted by Crippen LogP contribution is 2.66. The maximum absolute atomic E-state index is 13.2. The van der Waals surface area contributed by atoms with Crippen LogP contribution in [0.2, 0.25) is 0 Å². The molecule has 2 aliphatic rings. The second kappa shape index (κ2) is 25.0. The zero-order valence-corrected chi connectivity index (χ0v) is 40.1. The highest BCUT2D eigenvalue weighted by molar-refractivity contribution is 8.76. The first-order valence-corrected chi connectivity index (χ1v) is 27.7. The molecule has 3 amide bonds. The summed E-state index contributed by atoms with van der Waals surface area (Å²) in [6.45, 7) is 1.57. The van der Waals surface area contributed by atoms with Crippen LogP contribution >= 0.6 is 45.1 Å². The number of hydrogen-bond donors (Lipinski definition) is 9. The molecule has 10 N–H and O–H groups in total. The summed E-state index contributed by atoms with van der Waals surface area (Å²) in [5, 5.41) is 18.7. The van der Waals surface area contributed by atoms with Gasteiger partial charge in [-0.2, -0.15) is 13.6 Å². The predicted molar refractivity (Wildman–Crippen MR) is 246 cm³/mol. The summed E-state index contributed by atoms with van der Waals surface area (Å²) >= 11 is 0. The Morgan fingerprint density at radius 1 is 0.955 bits per heavy atom. The van der Waals surface area contributed by atoms with Gasteiger partial charge in [0.05, 0.1) is 24.8 Å². The summed E-state index contributed by atoms with van der Waals surface area (Å²) in [4.78, 5) is 91.6. The zero-order chi connectivity index (χ0) is 48.8. The summed E-state index contributed by atoms with van der Waals surface area (Å²) in [5.41, 5.74) is 9.32. The van der Waals surface area contributed by atoms with Crippen LogP contribution in [0.5, 0.6) is 0 Å². The number of benzene rings is 2. The minimum atomic E-state index is -5.78. The third kappa shape index (κ3) is 16.8. The topological polar surface area (TPSA) is 347 Å². The summed E-state index contributed by atoms with van der Waals surface area (Å²) in [6, 6.07) is 15.0. The average Bonchev–Trinajstić information content (AvgIpc) is 3.78. The molecule has 67 heavy (non-hydrogen) atoms. The molecule has 0 bridgehead atoms. The lowest BCUT2D eigenvalue weighted by Gasteiger charge is -2.19. The molecule has 3 aromatic rings. The number of rotatable bonds is 24. The van der Waals surface area contributed by atoms with E-state index in [0.717, 1.165) is 52.5 Å². The van der Waals surface area contributed by atoms with Crippen LogP contribution in [0.4, 0.5) is 10.6 Å². The molecule has 2 aromatic carbocycles.